The molecule has 0 heterocycles. The van der Waals surface area contributed by atoms with Crippen molar-refractivity contribution in [3.8, 4) is 0 Å². The fraction of sp³-hybridized carbons (Fsp3) is 0.395. The lowest BCUT2D eigenvalue weighted by Gasteiger charge is -2.27. The van der Waals surface area contributed by atoms with Gasteiger partial charge in [0.1, 0.15) is 18.1 Å². The summed E-state index contributed by atoms with van der Waals surface area (Å²) in [6.07, 6.45) is -0.744. The van der Waals surface area contributed by atoms with Crippen LogP contribution >= 0.6 is 0 Å². The topological polar surface area (TPSA) is 226 Å². The molecule has 278 valence electrons. The standard InChI is InChI=1S/C38H48N6O8/c1-5-23(4)32(44-36(49)29(17-22(2)3)42-35(48)30(43-38(51)52)19-24-11-7-6-8-12-24)33(46)37(50)40-21-31(45)41-28(34(39)47)20-25-15-16-26-13-9-10-14-27(26)18-25/h6-16,18,22-23,28-30,32,43H,5,17,19-21H2,1-4H3,(H2,39,47)(H,40,50)(H,41,45)(H,42,48)(H,44,49)(H,51,52)/t23-,28-,29-,30-,32?/m0/s1. The van der Waals surface area contributed by atoms with E-state index < -0.39 is 78.0 Å². The normalized spacial score (nSPS) is 13.9. The number of Topliss-reactive ketones (excluding diaryl/α,β-unsaturated/α-hetero) is 1. The van der Waals surface area contributed by atoms with E-state index in [4.69, 9.17) is 5.73 Å². The van der Waals surface area contributed by atoms with Crippen LogP contribution in [0.5, 0.6) is 0 Å². The average Bonchev–Trinajstić information content (AvgIpc) is 3.11. The molecule has 1 unspecified atom stereocenters. The molecule has 52 heavy (non-hydrogen) atoms. The third-order valence-electron chi connectivity index (χ3n) is 8.60. The van der Waals surface area contributed by atoms with Gasteiger partial charge in [-0.25, -0.2) is 4.79 Å². The molecule has 0 fully saturated rings. The largest absolute Gasteiger partial charge is 0.465 e. The first-order valence-corrected chi connectivity index (χ1v) is 17.2. The van der Waals surface area contributed by atoms with Crippen LogP contribution in [0.2, 0.25) is 0 Å². The Morgan fingerprint density at radius 3 is 1.92 bits per heavy atom. The van der Waals surface area contributed by atoms with Crippen LogP contribution in [0.1, 0.15) is 51.7 Å². The van der Waals surface area contributed by atoms with Crippen molar-refractivity contribution < 1.29 is 38.7 Å². The maximum Gasteiger partial charge on any atom is 0.405 e. The number of primary amides is 1. The minimum absolute atomic E-state index is 0.0281. The highest BCUT2D eigenvalue weighted by molar-refractivity contribution is 6.38. The minimum Gasteiger partial charge on any atom is -0.465 e. The summed E-state index contributed by atoms with van der Waals surface area (Å²) in [6, 6.07) is 17.2. The van der Waals surface area contributed by atoms with Crippen LogP contribution in [0, 0.1) is 11.8 Å². The average molecular weight is 717 g/mol. The van der Waals surface area contributed by atoms with Gasteiger partial charge in [0.05, 0.1) is 12.6 Å². The van der Waals surface area contributed by atoms with E-state index in [0.717, 1.165) is 16.3 Å². The van der Waals surface area contributed by atoms with Crippen molar-refractivity contribution in [3.05, 3.63) is 83.9 Å². The highest BCUT2D eigenvalue weighted by Gasteiger charge is 2.35. The van der Waals surface area contributed by atoms with E-state index >= 15 is 0 Å². The predicted molar refractivity (Wildman–Crippen MR) is 195 cm³/mol. The maximum atomic E-state index is 13.6. The van der Waals surface area contributed by atoms with Crippen molar-refractivity contribution in [1.82, 2.24) is 26.6 Å². The smallest absolute Gasteiger partial charge is 0.405 e. The molecule has 0 aromatic heterocycles. The minimum atomic E-state index is -1.42. The third-order valence-corrected chi connectivity index (χ3v) is 8.60. The molecule has 14 heteroatoms. The summed E-state index contributed by atoms with van der Waals surface area (Å²) in [5, 5.41) is 23.5. The Kier molecular flexibility index (Phi) is 15.3. The molecule has 0 aliphatic rings. The fourth-order valence-corrected chi connectivity index (χ4v) is 5.60. The van der Waals surface area contributed by atoms with E-state index in [-0.39, 0.29) is 25.2 Å². The van der Waals surface area contributed by atoms with Crippen molar-refractivity contribution in [2.24, 2.45) is 17.6 Å². The van der Waals surface area contributed by atoms with E-state index in [1.165, 1.54) is 0 Å². The summed E-state index contributed by atoms with van der Waals surface area (Å²) >= 11 is 0. The van der Waals surface area contributed by atoms with Crippen LogP contribution in [0.15, 0.2) is 72.8 Å². The molecule has 0 aliphatic heterocycles. The number of carbonyl (C=O) groups excluding carboxylic acids is 6. The molecule has 5 atom stereocenters. The van der Waals surface area contributed by atoms with Gasteiger partial charge < -0.3 is 37.4 Å². The summed E-state index contributed by atoms with van der Waals surface area (Å²) < 4.78 is 0. The maximum absolute atomic E-state index is 13.6. The van der Waals surface area contributed by atoms with Gasteiger partial charge in [-0.1, -0.05) is 107 Å². The molecule has 8 N–H and O–H groups in total. The van der Waals surface area contributed by atoms with Crippen molar-refractivity contribution in [2.75, 3.05) is 6.54 Å². The van der Waals surface area contributed by atoms with Gasteiger partial charge in [0, 0.05) is 12.8 Å². The number of benzene rings is 3. The van der Waals surface area contributed by atoms with E-state index in [9.17, 15) is 38.7 Å². The number of rotatable bonds is 19. The zero-order chi connectivity index (χ0) is 38.4. The number of fused-ring (bicyclic) bond motifs is 1. The second-order valence-corrected chi connectivity index (χ2v) is 13.2. The Labute approximate surface area is 302 Å². The van der Waals surface area contributed by atoms with E-state index in [2.05, 4.69) is 26.6 Å². The molecule has 0 saturated heterocycles. The summed E-state index contributed by atoms with van der Waals surface area (Å²) in [5.41, 5.74) is 7.00. The zero-order valence-electron chi connectivity index (χ0n) is 29.8. The lowest BCUT2D eigenvalue weighted by atomic mass is 9.93. The first-order valence-electron chi connectivity index (χ1n) is 17.2. The Hall–Kier alpha value is -5.79. The van der Waals surface area contributed by atoms with Crippen LogP contribution in [0.25, 0.3) is 10.8 Å². The van der Waals surface area contributed by atoms with Crippen LogP contribution < -0.4 is 32.3 Å². The van der Waals surface area contributed by atoms with Crippen LogP contribution in [-0.2, 0) is 41.6 Å². The van der Waals surface area contributed by atoms with Crippen LogP contribution in [0.4, 0.5) is 4.79 Å². The Balaban J connectivity index is 1.65. The fourth-order valence-electron chi connectivity index (χ4n) is 5.60. The van der Waals surface area contributed by atoms with E-state index in [1.807, 2.05) is 56.3 Å². The number of amides is 6. The molecule has 0 spiro atoms. The van der Waals surface area contributed by atoms with Crippen LogP contribution in [0.3, 0.4) is 0 Å². The van der Waals surface area contributed by atoms with E-state index in [0.29, 0.717) is 12.0 Å². The highest BCUT2D eigenvalue weighted by atomic mass is 16.4. The highest BCUT2D eigenvalue weighted by Crippen LogP contribution is 2.17. The van der Waals surface area contributed by atoms with E-state index in [1.54, 1.807) is 44.2 Å². The number of hydrogen-bond acceptors (Lipinski definition) is 7. The summed E-state index contributed by atoms with van der Waals surface area (Å²) in [4.78, 5) is 89.7. The van der Waals surface area contributed by atoms with Crippen molar-refractivity contribution >= 4 is 52.2 Å². The van der Waals surface area contributed by atoms with Gasteiger partial charge in [-0.05, 0) is 40.2 Å². The molecule has 3 aromatic rings. The number of nitrogens with two attached hydrogens (primary N) is 1. The molecular weight excluding hydrogens is 668 g/mol. The van der Waals surface area contributed by atoms with Gasteiger partial charge in [-0.3, -0.25) is 28.8 Å². The van der Waals surface area contributed by atoms with Gasteiger partial charge in [0.2, 0.25) is 29.4 Å². The first-order chi connectivity index (χ1) is 24.7. The van der Waals surface area contributed by atoms with Gasteiger partial charge in [0.25, 0.3) is 5.91 Å². The van der Waals surface area contributed by atoms with Crippen molar-refractivity contribution in [1.29, 1.82) is 0 Å². The number of ketones is 1. The quantitative estimate of drug-likeness (QED) is 0.0906. The van der Waals surface area contributed by atoms with Gasteiger partial charge in [-0.15, -0.1) is 0 Å². The second-order valence-electron chi connectivity index (χ2n) is 13.2. The lowest BCUT2D eigenvalue weighted by molar-refractivity contribution is -0.142. The monoisotopic (exact) mass is 716 g/mol. The molecule has 14 nitrogen and oxygen atoms in total. The summed E-state index contributed by atoms with van der Waals surface area (Å²) in [7, 11) is 0. The molecule has 3 aromatic carbocycles. The van der Waals surface area contributed by atoms with Crippen molar-refractivity contribution in [2.45, 2.75) is 77.5 Å². The molecule has 0 aliphatic carbocycles. The molecule has 3 rings (SSSR count). The summed E-state index contributed by atoms with van der Waals surface area (Å²) in [5.74, 6) is -5.78. The predicted octanol–water partition coefficient (Wildman–Crippen LogP) is 1.98. The SMILES string of the molecule is CC[C@H](C)C(NC(=O)[C@H](CC(C)C)NC(=O)[C@H](Cc1ccccc1)NC(=O)O)C(=O)C(=O)NCC(=O)N[C@@H](Cc1ccc2ccccc2c1)C(N)=O. The van der Waals surface area contributed by atoms with Gasteiger partial charge >= 0.3 is 6.09 Å². The third kappa shape index (κ3) is 12.5. The van der Waals surface area contributed by atoms with Gasteiger partial charge in [-0.2, -0.15) is 0 Å². The Bertz CT molecular complexity index is 1750. The second kappa shape index (κ2) is 19.6. The molecular formula is C38H48N6O8. The molecule has 0 bridgehead atoms. The zero-order valence-corrected chi connectivity index (χ0v) is 29.8. The summed E-state index contributed by atoms with van der Waals surface area (Å²) in [6.45, 7) is 6.43. The first kappa shape index (κ1) is 40.6. The van der Waals surface area contributed by atoms with Gasteiger partial charge in [0.15, 0.2) is 0 Å². The molecule has 6 amide bonds. The van der Waals surface area contributed by atoms with Crippen molar-refractivity contribution in [3.63, 3.8) is 0 Å². The Morgan fingerprint density at radius 1 is 0.692 bits per heavy atom. The lowest BCUT2D eigenvalue weighted by Crippen LogP contribution is -2.58. The Morgan fingerprint density at radius 2 is 1.31 bits per heavy atom. The van der Waals surface area contributed by atoms with Crippen LogP contribution in [-0.4, -0.2) is 77.2 Å². The number of nitrogens with one attached hydrogen (secondary N) is 5. The number of hydrogen-bond donors (Lipinski definition) is 7. The number of carbonyl (C=O) groups is 7. The number of carboxylic acid groups (broad SMARTS) is 1. The molecule has 0 saturated carbocycles. The molecule has 0 radical (unpaired) electrons.